The van der Waals surface area contributed by atoms with Crippen LogP contribution in [-0.2, 0) is 12.8 Å². The molecule has 2 aliphatic rings. The molecule has 0 spiro atoms. The molecule has 3 heterocycles. The highest BCUT2D eigenvalue weighted by atomic mass is 19.3. The van der Waals surface area contributed by atoms with Crippen molar-refractivity contribution in [3.05, 3.63) is 69.9 Å². The van der Waals surface area contributed by atoms with Crippen molar-refractivity contribution in [3.8, 4) is 0 Å². The van der Waals surface area contributed by atoms with Crippen LogP contribution in [0.4, 0.5) is 22.0 Å². The van der Waals surface area contributed by atoms with Crippen molar-refractivity contribution in [1.29, 1.82) is 0 Å². The van der Waals surface area contributed by atoms with Crippen molar-refractivity contribution < 1.29 is 31.9 Å². The van der Waals surface area contributed by atoms with Gasteiger partial charge in [-0.3, -0.25) is 9.29 Å². The highest BCUT2D eigenvalue weighted by Crippen LogP contribution is 2.43. The molecule has 1 saturated heterocycles. The molecule has 2 aliphatic heterocycles. The number of carboxylic acid groups (broad SMARTS) is 1. The predicted molar refractivity (Wildman–Crippen MR) is 138 cm³/mol. The van der Waals surface area contributed by atoms with Gasteiger partial charge < -0.3 is 15.0 Å². The van der Waals surface area contributed by atoms with Gasteiger partial charge in [0.15, 0.2) is 0 Å². The minimum atomic E-state index is -3.11. The highest BCUT2D eigenvalue weighted by Gasteiger charge is 2.42. The van der Waals surface area contributed by atoms with Gasteiger partial charge in [-0.1, -0.05) is 6.07 Å². The summed E-state index contributed by atoms with van der Waals surface area (Å²) in [5.41, 5.74) is 1.83. The summed E-state index contributed by atoms with van der Waals surface area (Å²) in [5.74, 6) is -5.64. The van der Waals surface area contributed by atoms with Gasteiger partial charge >= 0.3 is 5.97 Å². The van der Waals surface area contributed by atoms with E-state index in [0.717, 1.165) is 25.6 Å². The smallest absolute Gasteiger partial charge is 0.335 e. The third kappa shape index (κ3) is 5.54. The van der Waals surface area contributed by atoms with Gasteiger partial charge in [0.1, 0.15) is 11.6 Å². The van der Waals surface area contributed by atoms with Gasteiger partial charge in [-0.05, 0) is 67.5 Å². The van der Waals surface area contributed by atoms with E-state index < -0.39 is 42.2 Å². The Morgan fingerprint density at radius 1 is 1.15 bits per heavy atom. The van der Waals surface area contributed by atoms with Crippen molar-refractivity contribution >= 4 is 16.9 Å². The number of carbonyl (C=O) groups is 1. The third-order valence-electron chi connectivity index (χ3n) is 7.89. The number of rotatable bonds is 9. The van der Waals surface area contributed by atoms with Crippen LogP contribution in [0.2, 0.25) is 0 Å². The summed E-state index contributed by atoms with van der Waals surface area (Å²) in [6.45, 7) is 3.59. The van der Waals surface area contributed by atoms with Crippen molar-refractivity contribution in [1.82, 2.24) is 14.8 Å². The van der Waals surface area contributed by atoms with E-state index in [0.29, 0.717) is 48.0 Å². The van der Waals surface area contributed by atoms with E-state index in [1.54, 1.807) is 13.0 Å². The maximum absolute atomic E-state index is 15.8. The molecule has 10 heteroatoms. The summed E-state index contributed by atoms with van der Waals surface area (Å²) in [5, 5.41) is 10.1. The van der Waals surface area contributed by atoms with Gasteiger partial charge in [-0.25, -0.2) is 22.4 Å². The van der Waals surface area contributed by atoms with Gasteiger partial charge in [0.05, 0.1) is 24.8 Å². The molecular weight excluding hydrogens is 517 g/mol. The summed E-state index contributed by atoms with van der Waals surface area (Å²) < 4.78 is 72.6. The van der Waals surface area contributed by atoms with Crippen LogP contribution in [-0.4, -0.2) is 70.7 Å². The van der Waals surface area contributed by atoms with E-state index in [-0.39, 0.29) is 23.7 Å². The van der Waals surface area contributed by atoms with Crippen molar-refractivity contribution in [2.45, 2.75) is 51.1 Å². The molecule has 2 N–H and O–H groups in total. The highest BCUT2D eigenvalue weighted by molar-refractivity contribution is 5.95. The molecule has 0 aliphatic carbocycles. The van der Waals surface area contributed by atoms with Crippen molar-refractivity contribution in [3.63, 3.8) is 0 Å². The van der Waals surface area contributed by atoms with Gasteiger partial charge in [0, 0.05) is 54.8 Å². The number of nitrogens with zero attached hydrogens (tertiary/aromatic N) is 2. The van der Waals surface area contributed by atoms with E-state index in [4.69, 9.17) is 0 Å². The van der Waals surface area contributed by atoms with Crippen LogP contribution in [0, 0.1) is 17.6 Å². The Hall–Kier alpha value is -2.98. The molecular formula is C29H32F5N3O2. The fourth-order valence-electron chi connectivity index (χ4n) is 6.19. The minimum Gasteiger partial charge on any atom is -0.478 e. The van der Waals surface area contributed by atoms with E-state index in [1.807, 2.05) is 0 Å². The van der Waals surface area contributed by atoms with E-state index >= 15 is 8.78 Å². The Balaban J connectivity index is 1.53. The van der Waals surface area contributed by atoms with Crippen LogP contribution in [0.3, 0.4) is 0 Å². The molecule has 39 heavy (non-hydrogen) atoms. The average Bonchev–Trinajstić information content (AvgIpc) is 3.18. The van der Waals surface area contributed by atoms with Crippen molar-refractivity contribution in [2.24, 2.45) is 5.92 Å². The minimum absolute atomic E-state index is 0.0450. The first-order valence-corrected chi connectivity index (χ1v) is 13.2. The lowest BCUT2D eigenvalue weighted by atomic mass is 9.86. The number of benzene rings is 2. The Labute approximate surface area is 223 Å². The second-order valence-electron chi connectivity index (χ2n) is 11.1. The second kappa shape index (κ2) is 10.5. The van der Waals surface area contributed by atoms with Crippen LogP contribution in [0.1, 0.15) is 59.1 Å². The number of likely N-dealkylation sites (tertiary alicyclic amines) is 1. The summed E-state index contributed by atoms with van der Waals surface area (Å²) >= 11 is 0. The van der Waals surface area contributed by atoms with Crippen molar-refractivity contribution in [2.75, 3.05) is 32.9 Å². The molecule has 0 radical (unpaired) electrons. The number of alkyl halides is 3. The summed E-state index contributed by atoms with van der Waals surface area (Å²) in [4.78, 5) is 18.1. The van der Waals surface area contributed by atoms with Gasteiger partial charge in [-0.2, -0.15) is 0 Å². The summed E-state index contributed by atoms with van der Waals surface area (Å²) in [6.07, 6.45) is 1.29. The van der Waals surface area contributed by atoms with E-state index in [9.17, 15) is 23.1 Å². The van der Waals surface area contributed by atoms with Crippen LogP contribution >= 0.6 is 0 Å². The zero-order valence-corrected chi connectivity index (χ0v) is 21.9. The first-order valence-electron chi connectivity index (χ1n) is 13.2. The maximum atomic E-state index is 15.8. The normalized spacial score (nSPS) is 20.8. The van der Waals surface area contributed by atoms with E-state index in [2.05, 4.69) is 9.88 Å². The maximum Gasteiger partial charge on any atom is 0.335 e. The SMILES string of the molecule is C[C@@H]1Cc2c([nH]c3cc(C(=O)O)ccc23)[C@@H](c2c(F)cc(CC3CN(CCCF)C3)cc2F)N1CC(C)(F)F. The van der Waals surface area contributed by atoms with Crippen LogP contribution in [0.5, 0.6) is 0 Å². The lowest BCUT2D eigenvalue weighted by Gasteiger charge is -2.42. The number of aromatic amines is 1. The molecule has 0 unspecified atom stereocenters. The van der Waals surface area contributed by atoms with Gasteiger partial charge in [0.25, 0.3) is 5.92 Å². The van der Waals surface area contributed by atoms with Gasteiger partial charge in [0.2, 0.25) is 0 Å². The molecule has 0 saturated carbocycles. The zero-order chi connectivity index (χ0) is 28.1. The quantitative estimate of drug-likeness (QED) is 0.323. The van der Waals surface area contributed by atoms with Crippen LogP contribution < -0.4 is 0 Å². The second-order valence-corrected chi connectivity index (χ2v) is 11.1. The standard InChI is InChI=1S/C29H32F5N3O2/c1-16-8-21-20-5-4-19(28(38)39)12-24(20)35-26(21)27(37(16)15-29(2,33)34)25-22(31)10-17(11-23(25)32)9-18-13-36(14-18)7-3-6-30/h4-5,10-12,16,18,27,35H,3,6-9,13-15H2,1-2H3,(H,38,39)/t16-,27-/m1/s1. The number of hydrogen-bond acceptors (Lipinski definition) is 3. The molecule has 5 nitrogen and oxygen atoms in total. The number of hydrogen-bond donors (Lipinski definition) is 2. The first kappa shape index (κ1) is 27.6. The molecule has 2 atom stereocenters. The topological polar surface area (TPSA) is 59.6 Å². The fraction of sp³-hybridized carbons (Fsp3) is 0.483. The molecule has 3 aromatic rings. The van der Waals surface area contributed by atoms with E-state index in [1.165, 1.54) is 29.2 Å². The lowest BCUT2D eigenvalue weighted by molar-refractivity contribution is -0.0374. The monoisotopic (exact) mass is 549 g/mol. The Kier molecular flexibility index (Phi) is 7.45. The molecule has 1 aromatic heterocycles. The number of halogens is 5. The molecule has 210 valence electrons. The molecule has 1 fully saturated rings. The first-order chi connectivity index (χ1) is 18.4. The Morgan fingerprint density at radius 2 is 1.85 bits per heavy atom. The zero-order valence-electron chi connectivity index (χ0n) is 21.9. The third-order valence-corrected chi connectivity index (χ3v) is 7.89. The largest absolute Gasteiger partial charge is 0.478 e. The fourth-order valence-corrected chi connectivity index (χ4v) is 6.19. The number of nitrogens with one attached hydrogen (secondary N) is 1. The summed E-state index contributed by atoms with van der Waals surface area (Å²) in [7, 11) is 0. The number of carboxylic acids is 1. The number of aromatic carboxylic acids is 1. The average molecular weight is 550 g/mol. The van der Waals surface area contributed by atoms with Gasteiger partial charge in [-0.15, -0.1) is 0 Å². The molecule has 0 amide bonds. The van der Waals surface area contributed by atoms with Crippen LogP contribution in [0.25, 0.3) is 10.9 Å². The Bertz CT molecular complexity index is 1360. The molecule has 0 bridgehead atoms. The number of H-pyrrole nitrogens is 1. The number of aromatic nitrogens is 1. The Morgan fingerprint density at radius 3 is 2.46 bits per heavy atom. The summed E-state index contributed by atoms with van der Waals surface area (Å²) in [6, 6.07) is 5.51. The lowest BCUT2D eigenvalue weighted by Crippen LogP contribution is -2.48. The van der Waals surface area contributed by atoms with Crippen LogP contribution in [0.15, 0.2) is 30.3 Å². The predicted octanol–water partition coefficient (Wildman–Crippen LogP) is 5.97. The molecule has 5 rings (SSSR count). The number of fused-ring (bicyclic) bond motifs is 3. The molecule has 2 aromatic carbocycles.